The van der Waals surface area contributed by atoms with Gasteiger partial charge in [-0.1, -0.05) is 6.92 Å². The molecular formula is C16H24N4O3. The van der Waals surface area contributed by atoms with Crippen molar-refractivity contribution in [2.75, 3.05) is 25.0 Å². The Morgan fingerprint density at radius 2 is 1.87 bits per heavy atom. The molecule has 1 aromatic rings. The zero-order valence-corrected chi connectivity index (χ0v) is 14.3. The van der Waals surface area contributed by atoms with Gasteiger partial charge in [0.1, 0.15) is 17.4 Å². The number of nitriles is 1. The van der Waals surface area contributed by atoms with Gasteiger partial charge in [-0.05, 0) is 34.2 Å². The first-order valence-electron chi connectivity index (χ1n) is 7.60. The van der Waals surface area contributed by atoms with Crippen LogP contribution < -0.4 is 10.6 Å². The predicted octanol–water partition coefficient (Wildman–Crippen LogP) is 1.55. The standard InChI is InChI=1S/C16H24N4O3/c1-6-20(8-14(21)18-10(2)3)9-15(22)19-16-13(7-17)11(4)12(5)23-16/h10H,6,8-9H2,1-5H3,(H,18,21)(H,19,22). The van der Waals surface area contributed by atoms with Crippen molar-refractivity contribution in [3.63, 3.8) is 0 Å². The first-order valence-corrected chi connectivity index (χ1v) is 7.60. The summed E-state index contributed by atoms with van der Waals surface area (Å²) in [4.78, 5) is 25.6. The molecule has 0 bridgehead atoms. The molecule has 126 valence electrons. The molecule has 0 saturated carbocycles. The Morgan fingerprint density at radius 3 is 2.39 bits per heavy atom. The molecule has 0 aromatic carbocycles. The lowest BCUT2D eigenvalue weighted by atomic mass is 10.2. The van der Waals surface area contributed by atoms with Crippen molar-refractivity contribution in [2.24, 2.45) is 0 Å². The van der Waals surface area contributed by atoms with E-state index in [2.05, 4.69) is 10.6 Å². The molecule has 0 radical (unpaired) electrons. The van der Waals surface area contributed by atoms with Crippen LogP contribution in [0.15, 0.2) is 4.42 Å². The van der Waals surface area contributed by atoms with Crippen LogP contribution in [0.4, 0.5) is 5.88 Å². The van der Waals surface area contributed by atoms with Crippen molar-refractivity contribution < 1.29 is 14.0 Å². The highest BCUT2D eigenvalue weighted by molar-refractivity contribution is 5.92. The number of carbonyl (C=O) groups excluding carboxylic acids is 2. The van der Waals surface area contributed by atoms with E-state index in [0.29, 0.717) is 23.4 Å². The topological polar surface area (TPSA) is 98.4 Å². The summed E-state index contributed by atoms with van der Waals surface area (Å²) in [6, 6.07) is 2.08. The second kappa shape index (κ2) is 8.34. The van der Waals surface area contributed by atoms with Crippen LogP contribution in [0.2, 0.25) is 0 Å². The number of nitrogens with one attached hydrogen (secondary N) is 2. The van der Waals surface area contributed by atoms with E-state index in [1.54, 1.807) is 18.7 Å². The predicted molar refractivity (Wildman–Crippen MR) is 86.9 cm³/mol. The molecule has 0 unspecified atom stereocenters. The summed E-state index contributed by atoms with van der Waals surface area (Å²) in [6.45, 7) is 9.88. The van der Waals surface area contributed by atoms with Gasteiger partial charge in [0.25, 0.3) is 0 Å². The average molecular weight is 320 g/mol. The zero-order chi connectivity index (χ0) is 17.6. The fraction of sp³-hybridized carbons (Fsp3) is 0.562. The largest absolute Gasteiger partial charge is 0.444 e. The number of aryl methyl sites for hydroxylation is 1. The van der Waals surface area contributed by atoms with Gasteiger partial charge in [-0.2, -0.15) is 5.26 Å². The molecule has 0 atom stereocenters. The van der Waals surface area contributed by atoms with E-state index >= 15 is 0 Å². The molecule has 0 spiro atoms. The van der Waals surface area contributed by atoms with E-state index in [1.165, 1.54) is 0 Å². The van der Waals surface area contributed by atoms with Gasteiger partial charge in [0.05, 0.1) is 13.1 Å². The molecular weight excluding hydrogens is 296 g/mol. The van der Waals surface area contributed by atoms with Gasteiger partial charge >= 0.3 is 0 Å². The van der Waals surface area contributed by atoms with E-state index in [9.17, 15) is 9.59 Å². The number of carbonyl (C=O) groups is 2. The van der Waals surface area contributed by atoms with E-state index in [4.69, 9.17) is 9.68 Å². The van der Waals surface area contributed by atoms with E-state index in [-0.39, 0.29) is 36.8 Å². The fourth-order valence-electron chi connectivity index (χ4n) is 2.07. The second-order valence-electron chi connectivity index (χ2n) is 5.67. The minimum Gasteiger partial charge on any atom is -0.444 e. The molecule has 0 aliphatic rings. The molecule has 0 fully saturated rings. The van der Waals surface area contributed by atoms with Crippen LogP contribution in [0.3, 0.4) is 0 Å². The van der Waals surface area contributed by atoms with Crippen molar-refractivity contribution in [2.45, 2.75) is 40.7 Å². The van der Waals surface area contributed by atoms with Gasteiger partial charge in [0.2, 0.25) is 17.7 Å². The number of anilines is 1. The molecule has 1 heterocycles. The zero-order valence-electron chi connectivity index (χ0n) is 14.3. The average Bonchev–Trinajstić information content (AvgIpc) is 2.71. The van der Waals surface area contributed by atoms with Crippen molar-refractivity contribution in [1.29, 1.82) is 5.26 Å². The Kier molecular flexibility index (Phi) is 6.79. The maximum absolute atomic E-state index is 12.1. The number of rotatable bonds is 7. The number of amides is 2. The van der Waals surface area contributed by atoms with Gasteiger partial charge in [0.15, 0.2) is 0 Å². The first-order chi connectivity index (χ1) is 10.8. The first kappa shape index (κ1) is 18.7. The fourth-order valence-corrected chi connectivity index (χ4v) is 2.07. The van der Waals surface area contributed by atoms with Crippen LogP contribution in [0.5, 0.6) is 0 Å². The highest BCUT2D eigenvalue weighted by Crippen LogP contribution is 2.25. The van der Waals surface area contributed by atoms with Gasteiger partial charge < -0.3 is 9.73 Å². The Hall–Kier alpha value is -2.33. The summed E-state index contributed by atoms with van der Waals surface area (Å²) in [5.41, 5.74) is 1.04. The van der Waals surface area contributed by atoms with Gasteiger partial charge in [-0.25, -0.2) is 0 Å². The highest BCUT2D eigenvalue weighted by Gasteiger charge is 2.19. The highest BCUT2D eigenvalue weighted by atomic mass is 16.4. The molecule has 2 N–H and O–H groups in total. The maximum Gasteiger partial charge on any atom is 0.240 e. The van der Waals surface area contributed by atoms with Crippen LogP contribution in [-0.4, -0.2) is 42.4 Å². The SMILES string of the molecule is CCN(CC(=O)Nc1oc(C)c(C)c1C#N)CC(=O)NC(C)C. The summed E-state index contributed by atoms with van der Waals surface area (Å²) in [7, 11) is 0. The molecule has 7 nitrogen and oxygen atoms in total. The maximum atomic E-state index is 12.1. The number of hydrogen-bond donors (Lipinski definition) is 2. The van der Waals surface area contributed by atoms with E-state index in [1.807, 2.05) is 26.8 Å². The van der Waals surface area contributed by atoms with Gasteiger partial charge in [-0.3, -0.25) is 19.8 Å². The third kappa shape index (κ3) is 5.42. The van der Waals surface area contributed by atoms with Crippen LogP contribution in [0, 0.1) is 25.2 Å². The summed E-state index contributed by atoms with van der Waals surface area (Å²) < 4.78 is 5.40. The normalized spacial score (nSPS) is 10.7. The van der Waals surface area contributed by atoms with Crippen LogP contribution in [-0.2, 0) is 9.59 Å². The molecule has 0 aliphatic carbocycles. The summed E-state index contributed by atoms with van der Waals surface area (Å²) in [5, 5.41) is 14.5. The summed E-state index contributed by atoms with van der Waals surface area (Å²) in [6.07, 6.45) is 0. The van der Waals surface area contributed by atoms with E-state index in [0.717, 1.165) is 0 Å². The number of furan rings is 1. The van der Waals surface area contributed by atoms with Crippen LogP contribution >= 0.6 is 0 Å². The lowest BCUT2D eigenvalue weighted by Crippen LogP contribution is -2.42. The van der Waals surface area contributed by atoms with Gasteiger partial charge in [-0.15, -0.1) is 0 Å². The Labute approximate surface area is 136 Å². The van der Waals surface area contributed by atoms with Crippen molar-refractivity contribution in [3.05, 3.63) is 16.9 Å². The third-order valence-corrected chi connectivity index (χ3v) is 3.38. The molecule has 7 heteroatoms. The molecule has 0 aliphatic heterocycles. The molecule has 1 rings (SSSR count). The van der Waals surface area contributed by atoms with Gasteiger partial charge in [0, 0.05) is 11.6 Å². The van der Waals surface area contributed by atoms with E-state index < -0.39 is 0 Å². The Balaban J connectivity index is 2.66. The smallest absolute Gasteiger partial charge is 0.240 e. The minimum absolute atomic E-state index is 0.0473. The molecule has 1 aromatic heterocycles. The quantitative estimate of drug-likeness (QED) is 0.794. The third-order valence-electron chi connectivity index (χ3n) is 3.38. The lowest BCUT2D eigenvalue weighted by molar-refractivity contribution is -0.123. The number of hydrogen-bond acceptors (Lipinski definition) is 5. The second-order valence-corrected chi connectivity index (χ2v) is 5.67. The molecule has 23 heavy (non-hydrogen) atoms. The summed E-state index contributed by atoms with van der Waals surface area (Å²) in [5.74, 6) is 0.308. The molecule has 0 saturated heterocycles. The lowest BCUT2D eigenvalue weighted by Gasteiger charge is -2.19. The van der Waals surface area contributed by atoms with Crippen molar-refractivity contribution in [3.8, 4) is 6.07 Å². The minimum atomic E-state index is -0.325. The van der Waals surface area contributed by atoms with Crippen molar-refractivity contribution in [1.82, 2.24) is 10.2 Å². The molecule has 2 amide bonds. The number of likely N-dealkylation sites (N-methyl/N-ethyl adjacent to an activating group) is 1. The van der Waals surface area contributed by atoms with Crippen LogP contribution in [0.1, 0.15) is 37.7 Å². The monoisotopic (exact) mass is 320 g/mol. The number of nitrogens with zero attached hydrogens (tertiary/aromatic N) is 2. The van der Waals surface area contributed by atoms with Crippen molar-refractivity contribution >= 4 is 17.7 Å². The van der Waals surface area contributed by atoms with Crippen LogP contribution in [0.25, 0.3) is 0 Å². The summed E-state index contributed by atoms with van der Waals surface area (Å²) >= 11 is 0. The Bertz CT molecular complexity index is 614. The Morgan fingerprint density at radius 1 is 1.26 bits per heavy atom.